The zero-order valence-corrected chi connectivity index (χ0v) is 10.6. The maximum absolute atomic E-state index is 11.9. The number of fused-ring (bicyclic) bond motifs is 1. The Bertz CT molecular complexity index is 592. The maximum Gasteiger partial charge on any atom is 0.307 e. The van der Waals surface area contributed by atoms with Crippen LogP contribution in [0.5, 0.6) is 0 Å². The SMILES string of the molecule is CCOC(=O)CCNC(=O)c1ccc2cn[nH]c2c1. The monoisotopic (exact) mass is 261 g/mol. The second kappa shape index (κ2) is 5.99. The van der Waals surface area contributed by atoms with Crippen LogP contribution in [0.2, 0.25) is 0 Å². The van der Waals surface area contributed by atoms with E-state index in [2.05, 4.69) is 15.5 Å². The average molecular weight is 261 g/mol. The van der Waals surface area contributed by atoms with E-state index < -0.39 is 0 Å². The molecule has 0 atom stereocenters. The fourth-order valence-electron chi connectivity index (χ4n) is 1.69. The molecule has 1 amide bonds. The molecule has 0 aliphatic heterocycles. The molecular formula is C13H15N3O3. The summed E-state index contributed by atoms with van der Waals surface area (Å²) < 4.78 is 4.77. The number of ether oxygens (including phenoxy) is 1. The number of carbonyl (C=O) groups is 2. The number of nitrogens with zero attached hydrogens (tertiary/aromatic N) is 1. The molecule has 0 unspecified atom stereocenters. The molecule has 2 aromatic rings. The molecule has 6 nitrogen and oxygen atoms in total. The van der Waals surface area contributed by atoms with Crippen LogP contribution in [0.4, 0.5) is 0 Å². The molecule has 1 aromatic heterocycles. The van der Waals surface area contributed by atoms with Gasteiger partial charge in [0.1, 0.15) is 0 Å². The van der Waals surface area contributed by atoms with Crippen molar-refractivity contribution in [2.24, 2.45) is 0 Å². The number of esters is 1. The van der Waals surface area contributed by atoms with Gasteiger partial charge in [0.2, 0.25) is 0 Å². The van der Waals surface area contributed by atoms with Crippen LogP contribution in [0.1, 0.15) is 23.7 Å². The van der Waals surface area contributed by atoms with E-state index in [4.69, 9.17) is 4.74 Å². The van der Waals surface area contributed by atoms with Gasteiger partial charge in [0.05, 0.1) is 24.7 Å². The van der Waals surface area contributed by atoms with Crippen LogP contribution in [0, 0.1) is 0 Å². The summed E-state index contributed by atoms with van der Waals surface area (Å²) in [6, 6.07) is 5.26. The third-order valence-electron chi connectivity index (χ3n) is 2.62. The molecule has 0 radical (unpaired) electrons. The third-order valence-corrected chi connectivity index (χ3v) is 2.62. The minimum Gasteiger partial charge on any atom is -0.466 e. The van der Waals surface area contributed by atoms with Crippen molar-refractivity contribution in [2.45, 2.75) is 13.3 Å². The number of hydrogen-bond acceptors (Lipinski definition) is 4. The summed E-state index contributed by atoms with van der Waals surface area (Å²) in [6.07, 6.45) is 1.86. The van der Waals surface area contributed by atoms with Gasteiger partial charge in [-0.05, 0) is 19.1 Å². The third kappa shape index (κ3) is 3.31. The number of nitrogens with one attached hydrogen (secondary N) is 2. The van der Waals surface area contributed by atoms with Gasteiger partial charge in [-0.15, -0.1) is 0 Å². The second-order valence-corrected chi connectivity index (χ2v) is 3.98. The van der Waals surface area contributed by atoms with Crippen molar-refractivity contribution >= 4 is 22.8 Å². The standard InChI is InChI=1S/C13H15N3O3/c1-2-19-12(17)5-6-14-13(18)9-3-4-10-8-15-16-11(10)7-9/h3-4,7-8H,2,5-6H2,1H3,(H,14,18)(H,15,16). The van der Waals surface area contributed by atoms with Crippen LogP contribution in [0.3, 0.4) is 0 Å². The predicted molar refractivity (Wildman–Crippen MR) is 69.7 cm³/mol. The highest BCUT2D eigenvalue weighted by Crippen LogP contribution is 2.12. The molecule has 2 rings (SSSR count). The second-order valence-electron chi connectivity index (χ2n) is 3.98. The largest absolute Gasteiger partial charge is 0.466 e. The molecule has 6 heteroatoms. The highest BCUT2D eigenvalue weighted by molar-refractivity contribution is 5.97. The summed E-state index contributed by atoms with van der Waals surface area (Å²) in [7, 11) is 0. The Kier molecular flexibility index (Phi) is 4.12. The van der Waals surface area contributed by atoms with Gasteiger partial charge in [-0.3, -0.25) is 14.7 Å². The quantitative estimate of drug-likeness (QED) is 0.793. The Hall–Kier alpha value is -2.37. The molecule has 0 saturated heterocycles. The van der Waals surface area contributed by atoms with Crippen molar-refractivity contribution in [3.05, 3.63) is 30.0 Å². The maximum atomic E-state index is 11.9. The van der Waals surface area contributed by atoms with Gasteiger partial charge in [-0.25, -0.2) is 0 Å². The van der Waals surface area contributed by atoms with E-state index in [-0.39, 0.29) is 24.8 Å². The van der Waals surface area contributed by atoms with Crippen LogP contribution in [0.15, 0.2) is 24.4 Å². The van der Waals surface area contributed by atoms with Gasteiger partial charge >= 0.3 is 5.97 Å². The first kappa shape index (κ1) is 13.1. The highest BCUT2D eigenvalue weighted by atomic mass is 16.5. The van der Waals surface area contributed by atoms with E-state index in [0.717, 1.165) is 10.9 Å². The van der Waals surface area contributed by atoms with E-state index >= 15 is 0 Å². The number of aromatic nitrogens is 2. The number of carbonyl (C=O) groups excluding carboxylic acids is 2. The van der Waals surface area contributed by atoms with E-state index in [0.29, 0.717) is 12.2 Å². The summed E-state index contributed by atoms with van der Waals surface area (Å²) in [5.74, 6) is -0.535. The smallest absolute Gasteiger partial charge is 0.307 e. The Balaban J connectivity index is 1.90. The van der Waals surface area contributed by atoms with Crippen molar-refractivity contribution in [2.75, 3.05) is 13.2 Å². The van der Waals surface area contributed by atoms with Crippen molar-refractivity contribution in [1.82, 2.24) is 15.5 Å². The van der Waals surface area contributed by atoms with Gasteiger partial charge < -0.3 is 10.1 Å². The fraction of sp³-hybridized carbons (Fsp3) is 0.308. The number of aromatic amines is 1. The van der Waals surface area contributed by atoms with Crippen LogP contribution in [0.25, 0.3) is 10.9 Å². The first-order valence-corrected chi connectivity index (χ1v) is 6.07. The summed E-state index contributed by atoms with van der Waals surface area (Å²) in [5, 5.41) is 10.3. The van der Waals surface area contributed by atoms with Crippen LogP contribution < -0.4 is 5.32 Å². The number of rotatable bonds is 5. The van der Waals surface area contributed by atoms with Crippen LogP contribution >= 0.6 is 0 Å². The average Bonchev–Trinajstić information content (AvgIpc) is 2.86. The van der Waals surface area contributed by atoms with Gasteiger partial charge in [0, 0.05) is 17.5 Å². The first-order valence-electron chi connectivity index (χ1n) is 6.07. The van der Waals surface area contributed by atoms with Gasteiger partial charge in [0.15, 0.2) is 0 Å². The number of H-pyrrole nitrogens is 1. The fourth-order valence-corrected chi connectivity index (χ4v) is 1.69. The van der Waals surface area contributed by atoms with Gasteiger partial charge in [-0.2, -0.15) is 5.10 Å². The molecule has 0 bridgehead atoms. The molecule has 100 valence electrons. The lowest BCUT2D eigenvalue weighted by atomic mass is 10.1. The normalized spacial score (nSPS) is 10.4. The van der Waals surface area contributed by atoms with Crippen molar-refractivity contribution in [3.8, 4) is 0 Å². The highest BCUT2D eigenvalue weighted by Gasteiger charge is 2.08. The van der Waals surface area contributed by atoms with Crippen molar-refractivity contribution in [3.63, 3.8) is 0 Å². The lowest BCUT2D eigenvalue weighted by Crippen LogP contribution is -2.26. The Labute approximate surface area is 110 Å². The molecule has 0 saturated carbocycles. The molecular weight excluding hydrogens is 246 g/mol. The van der Waals surface area contributed by atoms with Crippen LogP contribution in [-0.4, -0.2) is 35.2 Å². The number of hydrogen-bond donors (Lipinski definition) is 2. The summed E-state index contributed by atoms with van der Waals surface area (Å²) >= 11 is 0. The lowest BCUT2D eigenvalue weighted by molar-refractivity contribution is -0.142. The minimum atomic E-state index is -0.313. The molecule has 1 aromatic carbocycles. The molecule has 0 spiro atoms. The molecule has 0 fully saturated rings. The summed E-state index contributed by atoms with van der Waals surface area (Å²) in [4.78, 5) is 23.0. The van der Waals surface area contributed by atoms with Crippen molar-refractivity contribution in [1.29, 1.82) is 0 Å². The molecule has 0 aliphatic carbocycles. The Morgan fingerprint density at radius 3 is 3.05 bits per heavy atom. The zero-order valence-electron chi connectivity index (χ0n) is 10.6. The number of benzene rings is 1. The molecule has 0 aliphatic rings. The van der Waals surface area contributed by atoms with E-state index in [1.807, 2.05) is 6.07 Å². The topological polar surface area (TPSA) is 84.1 Å². The molecule has 1 heterocycles. The molecule has 2 N–H and O–H groups in total. The van der Waals surface area contributed by atoms with Crippen LogP contribution in [-0.2, 0) is 9.53 Å². The Morgan fingerprint density at radius 2 is 2.26 bits per heavy atom. The molecule has 19 heavy (non-hydrogen) atoms. The van der Waals surface area contributed by atoms with E-state index in [1.165, 1.54) is 0 Å². The van der Waals surface area contributed by atoms with Crippen molar-refractivity contribution < 1.29 is 14.3 Å². The minimum absolute atomic E-state index is 0.173. The predicted octanol–water partition coefficient (Wildman–Crippen LogP) is 1.25. The Morgan fingerprint density at radius 1 is 1.42 bits per heavy atom. The number of amides is 1. The van der Waals surface area contributed by atoms with E-state index in [1.54, 1.807) is 25.3 Å². The van der Waals surface area contributed by atoms with E-state index in [9.17, 15) is 9.59 Å². The van der Waals surface area contributed by atoms with Gasteiger partial charge in [-0.1, -0.05) is 6.07 Å². The zero-order chi connectivity index (χ0) is 13.7. The van der Waals surface area contributed by atoms with Gasteiger partial charge in [0.25, 0.3) is 5.91 Å². The first-order chi connectivity index (χ1) is 9.20. The summed E-state index contributed by atoms with van der Waals surface area (Å²) in [6.45, 7) is 2.36. The lowest BCUT2D eigenvalue weighted by Gasteiger charge is -2.05. The summed E-state index contributed by atoms with van der Waals surface area (Å²) in [5.41, 5.74) is 1.33.